The van der Waals surface area contributed by atoms with E-state index in [0.717, 1.165) is 43.1 Å². The quantitative estimate of drug-likeness (QED) is 0.145. The van der Waals surface area contributed by atoms with Gasteiger partial charge in [-0.25, -0.2) is 8.42 Å². The van der Waals surface area contributed by atoms with Crippen LogP contribution in [0.2, 0.25) is 0 Å². The number of nitrogens with zero attached hydrogens (tertiary/aromatic N) is 3. The number of carbonyl (C=O) groups excluding carboxylic acids is 1. The number of sulfonamides is 1. The van der Waals surface area contributed by atoms with Gasteiger partial charge in [-0.3, -0.25) is 19.4 Å². The molecule has 3 rings (SSSR count). The monoisotopic (exact) mass is 624 g/mol. The van der Waals surface area contributed by atoms with Gasteiger partial charge in [0.1, 0.15) is 6.04 Å². The maximum atomic E-state index is 13.3. The predicted molar refractivity (Wildman–Crippen MR) is 166 cm³/mol. The molecule has 0 unspecified atom stereocenters. The molecule has 0 saturated carbocycles. The Morgan fingerprint density at radius 2 is 1.58 bits per heavy atom. The van der Waals surface area contributed by atoms with Crippen molar-refractivity contribution in [1.29, 1.82) is 0 Å². The first kappa shape index (κ1) is 37.1. The number of fused-ring (bicyclic) bond motifs is 1. The molecule has 1 aliphatic heterocycles. The lowest BCUT2D eigenvalue weighted by Gasteiger charge is -2.33. The van der Waals surface area contributed by atoms with E-state index < -0.39 is 28.0 Å². The Balaban J connectivity index is 0.00000103. The maximum absolute atomic E-state index is 13.3. The lowest BCUT2D eigenvalue weighted by molar-refractivity contribution is -0.136. The minimum atomic E-state index is -3.95. The number of methoxy groups -OCH3 is 1. The fourth-order valence-corrected chi connectivity index (χ4v) is 5.44. The van der Waals surface area contributed by atoms with E-state index in [1.807, 2.05) is 37.2 Å². The summed E-state index contributed by atoms with van der Waals surface area (Å²) in [4.78, 5) is 39.1. The molecule has 1 saturated heterocycles. The van der Waals surface area contributed by atoms with Gasteiger partial charge < -0.3 is 36.2 Å². The minimum absolute atomic E-state index is 0.0383. The number of aliphatic imine (C=N–C) groups is 1. The number of carboxylic acids is 2. The molecule has 1 heterocycles. The summed E-state index contributed by atoms with van der Waals surface area (Å²) in [7, 11) is 1.61. The number of nitrogens with two attached hydrogens (primary N) is 2. The SMILES string of the molecule is CC(=O)O.CC(=O)O.COC1CCN(C(=O)[C@H](CCCN=C(N)N)NS(=O)(=O)c2ccc3cc(N(C)C)ccc3c2)CC1. The first-order valence-corrected chi connectivity index (χ1v) is 15.0. The summed E-state index contributed by atoms with van der Waals surface area (Å²) in [5.74, 6) is -1.95. The summed E-state index contributed by atoms with van der Waals surface area (Å²) in [6, 6.07) is 9.88. The lowest BCUT2D eigenvalue weighted by atomic mass is 10.1. The Bertz CT molecular complexity index is 1330. The van der Waals surface area contributed by atoms with Crippen LogP contribution >= 0.6 is 0 Å². The highest BCUT2D eigenvalue weighted by Gasteiger charge is 2.31. The van der Waals surface area contributed by atoms with Crippen LogP contribution in [0, 0.1) is 0 Å². The molecule has 0 spiro atoms. The Morgan fingerprint density at radius 3 is 2.09 bits per heavy atom. The van der Waals surface area contributed by atoms with Crippen molar-refractivity contribution in [3.05, 3.63) is 36.4 Å². The van der Waals surface area contributed by atoms with Crippen LogP contribution in [0.3, 0.4) is 0 Å². The smallest absolute Gasteiger partial charge is 0.300 e. The van der Waals surface area contributed by atoms with Gasteiger partial charge in [0, 0.05) is 60.4 Å². The lowest BCUT2D eigenvalue weighted by Crippen LogP contribution is -2.51. The van der Waals surface area contributed by atoms with Crippen LogP contribution in [0.25, 0.3) is 10.8 Å². The van der Waals surface area contributed by atoms with Gasteiger partial charge in [0.2, 0.25) is 15.9 Å². The van der Waals surface area contributed by atoms with E-state index in [-0.39, 0.29) is 29.3 Å². The molecule has 1 aliphatic rings. The van der Waals surface area contributed by atoms with Crippen LogP contribution < -0.4 is 21.1 Å². The number of ether oxygens (including phenoxy) is 1. The van der Waals surface area contributed by atoms with Gasteiger partial charge >= 0.3 is 0 Å². The van der Waals surface area contributed by atoms with Gasteiger partial charge in [0.25, 0.3) is 11.9 Å². The third-order valence-electron chi connectivity index (χ3n) is 6.25. The zero-order valence-electron chi connectivity index (χ0n) is 25.3. The van der Waals surface area contributed by atoms with Crippen molar-refractivity contribution in [2.45, 2.75) is 56.6 Å². The second-order valence-corrected chi connectivity index (χ2v) is 11.7. The van der Waals surface area contributed by atoms with Gasteiger partial charge in [0.15, 0.2) is 5.96 Å². The van der Waals surface area contributed by atoms with E-state index in [0.29, 0.717) is 26.1 Å². The number of likely N-dealkylation sites (tertiary alicyclic amines) is 1. The number of nitrogens with one attached hydrogen (secondary N) is 1. The van der Waals surface area contributed by atoms with E-state index >= 15 is 0 Å². The van der Waals surface area contributed by atoms with Crippen LogP contribution in [0.1, 0.15) is 39.5 Å². The number of benzene rings is 2. The van der Waals surface area contributed by atoms with E-state index in [2.05, 4.69) is 9.71 Å². The molecule has 0 radical (unpaired) electrons. The zero-order chi connectivity index (χ0) is 32.7. The summed E-state index contributed by atoms with van der Waals surface area (Å²) in [5.41, 5.74) is 11.8. The Hall–Kier alpha value is -3.95. The van der Waals surface area contributed by atoms with E-state index in [1.165, 1.54) is 0 Å². The van der Waals surface area contributed by atoms with Crippen molar-refractivity contribution in [3.63, 3.8) is 0 Å². The van der Waals surface area contributed by atoms with E-state index in [1.54, 1.807) is 30.2 Å². The molecule has 7 N–H and O–H groups in total. The molecule has 240 valence electrons. The third kappa shape index (κ3) is 13.7. The number of anilines is 1. The topological polar surface area (TPSA) is 218 Å². The molecule has 1 amide bonds. The standard InChI is InChI=1S/C24H36N6O4S.2C2H4O2/c1-29(2)19-8-6-18-16-21(9-7-17(18)15-19)35(32,33)28-22(5-4-12-27-24(25)26)23(31)30-13-10-20(34-3)11-14-30;2*1-2(3)4/h6-9,15-16,20,22,28H,4-5,10-14H2,1-3H3,(H4,25,26,27);2*1H3,(H,3,4)/t22-;;/m0../s1. The van der Waals surface area contributed by atoms with Gasteiger partial charge in [0.05, 0.1) is 11.0 Å². The summed E-state index contributed by atoms with van der Waals surface area (Å²) < 4.78 is 34.7. The first-order valence-electron chi connectivity index (χ1n) is 13.6. The van der Waals surface area contributed by atoms with Crippen LogP contribution in [0.4, 0.5) is 5.69 Å². The third-order valence-corrected chi connectivity index (χ3v) is 7.72. The predicted octanol–water partition coefficient (Wildman–Crippen LogP) is 1.43. The number of guanidine groups is 1. The molecule has 15 heteroatoms. The van der Waals surface area contributed by atoms with Crippen molar-refractivity contribution in [2.75, 3.05) is 45.7 Å². The maximum Gasteiger partial charge on any atom is 0.300 e. The molecule has 1 atom stereocenters. The van der Waals surface area contributed by atoms with Crippen molar-refractivity contribution in [2.24, 2.45) is 16.5 Å². The molecular weight excluding hydrogens is 580 g/mol. The molecule has 1 fully saturated rings. The van der Waals surface area contributed by atoms with Gasteiger partial charge in [-0.15, -0.1) is 0 Å². The second-order valence-electron chi connectivity index (χ2n) is 10.0. The number of rotatable bonds is 10. The van der Waals surface area contributed by atoms with Crippen LogP contribution in [-0.2, 0) is 29.1 Å². The number of hydrogen-bond donors (Lipinski definition) is 5. The first-order chi connectivity index (χ1) is 20.1. The van der Waals surface area contributed by atoms with Crippen molar-refractivity contribution < 1.29 is 37.8 Å². The summed E-state index contributed by atoms with van der Waals surface area (Å²) in [6.45, 7) is 3.52. The highest BCUT2D eigenvalue weighted by Crippen LogP contribution is 2.24. The van der Waals surface area contributed by atoms with Crippen LogP contribution in [-0.4, -0.2) is 100 Å². The molecule has 0 aromatic heterocycles. The molecule has 0 aliphatic carbocycles. The molecule has 2 aromatic carbocycles. The second kappa shape index (κ2) is 17.9. The highest BCUT2D eigenvalue weighted by molar-refractivity contribution is 7.89. The highest BCUT2D eigenvalue weighted by atomic mass is 32.2. The Kier molecular flexibility index (Phi) is 15.4. The largest absolute Gasteiger partial charge is 0.481 e. The van der Waals surface area contributed by atoms with Gasteiger partial charge in [-0.05, 0) is 60.7 Å². The van der Waals surface area contributed by atoms with Crippen LogP contribution in [0.15, 0.2) is 46.3 Å². The summed E-state index contributed by atoms with van der Waals surface area (Å²) in [5, 5.41) is 16.6. The number of carboxylic acid groups (broad SMARTS) is 2. The Morgan fingerprint density at radius 1 is 1.05 bits per heavy atom. The fourth-order valence-electron chi connectivity index (χ4n) is 4.18. The van der Waals surface area contributed by atoms with Gasteiger partial charge in [-0.2, -0.15) is 4.72 Å². The molecule has 14 nitrogen and oxygen atoms in total. The molecular formula is C28H44N6O8S. The molecule has 0 bridgehead atoms. The number of carbonyl (C=O) groups is 3. The average Bonchev–Trinajstić information content (AvgIpc) is 2.93. The number of piperidine rings is 1. The molecule has 2 aromatic rings. The van der Waals surface area contributed by atoms with Crippen molar-refractivity contribution >= 4 is 50.3 Å². The molecule has 43 heavy (non-hydrogen) atoms. The van der Waals surface area contributed by atoms with Crippen molar-refractivity contribution in [1.82, 2.24) is 9.62 Å². The number of aliphatic carboxylic acids is 2. The summed E-state index contributed by atoms with van der Waals surface area (Å²) in [6.07, 6.45) is 2.28. The number of amides is 1. The average molecular weight is 625 g/mol. The minimum Gasteiger partial charge on any atom is -0.481 e. The zero-order valence-corrected chi connectivity index (χ0v) is 26.1. The van der Waals surface area contributed by atoms with Crippen LogP contribution in [0.5, 0.6) is 0 Å². The van der Waals surface area contributed by atoms with E-state index in [9.17, 15) is 13.2 Å². The number of hydrogen-bond acceptors (Lipinski definition) is 8. The van der Waals surface area contributed by atoms with Gasteiger partial charge in [-0.1, -0.05) is 12.1 Å². The van der Waals surface area contributed by atoms with E-state index in [4.69, 9.17) is 36.0 Å². The fraction of sp³-hybridized carbons (Fsp3) is 0.500. The van der Waals surface area contributed by atoms with Crippen molar-refractivity contribution in [3.8, 4) is 0 Å². The summed E-state index contributed by atoms with van der Waals surface area (Å²) >= 11 is 0. The normalized spacial score (nSPS) is 13.9. The Labute approximate surface area is 252 Å².